The molecule has 0 bridgehead atoms. The van der Waals surface area contributed by atoms with Gasteiger partial charge in [-0.1, -0.05) is 6.07 Å². The molecule has 20 heavy (non-hydrogen) atoms. The SMILES string of the molecule is Cc1ccc(OCC(=O)NC2CCNCC2)cc1C.Cl. The van der Waals surface area contributed by atoms with Gasteiger partial charge in [0.05, 0.1) is 0 Å². The molecular formula is C15H23ClN2O2. The predicted octanol–water partition coefficient (Wildman–Crippen LogP) is 1.97. The number of hydrogen-bond donors (Lipinski definition) is 2. The number of carbonyl (C=O) groups excluding carboxylic acids is 1. The minimum atomic E-state index is -0.0369. The average molecular weight is 299 g/mol. The first kappa shape index (κ1) is 16.8. The quantitative estimate of drug-likeness (QED) is 0.893. The van der Waals surface area contributed by atoms with Gasteiger partial charge in [-0.2, -0.15) is 0 Å². The van der Waals surface area contributed by atoms with Crippen molar-refractivity contribution in [2.24, 2.45) is 0 Å². The van der Waals surface area contributed by atoms with Crippen molar-refractivity contribution in [1.82, 2.24) is 10.6 Å². The van der Waals surface area contributed by atoms with Crippen molar-refractivity contribution in [1.29, 1.82) is 0 Å². The molecule has 1 amide bonds. The zero-order chi connectivity index (χ0) is 13.7. The lowest BCUT2D eigenvalue weighted by Gasteiger charge is -2.23. The summed E-state index contributed by atoms with van der Waals surface area (Å²) in [5, 5.41) is 6.29. The first-order valence-electron chi connectivity index (χ1n) is 6.85. The maximum Gasteiger partial charge on any atom is 0.258 e. The number of halogens is 1. The van der Waals surface area contributed by atoms with Crippen molar-refractivity contribution in [2.75, 3.05) is 19.7 Å². The van der Waals surface area contributed by atoms with E-state index in [2.05, 4.69) is 17.6 Å². The Bertz CT molecular complexity index is 445. The van der Waals surface area contributed by atoms with Gasteiger partial charge in [0.15, 0.2) is 6.61 Å². The number of aryl methyl sites for hydroxylation is 2. The van der Waals surface area contributed by atoms with E-state index in [0.717, 1.165) is 31.7 Å². The zero-order valence-corrected chi connectivity index (χ0v) is 12.9. The van der Waals surface area contributed by atoms with Crippen molar-refractivity contribution in [3.8, 4) is 5.75 Å². The van der Waals surface area contributed by atoms with Crippen molar-refractivity contribution >= 4 is 18.3 Å². The van der Waals surface area contributed by atoms with Gasteiger partial charge < -0.3 is 15.4 Å². The van der Waals surface area contributed by atoms with Gasteiger partial charge in [-0.25, -0.2) is 0 Å². The van der Waals surface area contributed by atoms with E-state index in [1.807, 2.05) is 25.1 Å². The van der Waals surface area contributed by atoms with Gasteiger partial charge in [-0.15, -0.1) is 12.4 Å². The lowest BCUT2D eigenvalue weighted by molar-refractivity contribution is -0.123. The van der Waals surface area contributed by atoms with Crippen LogP contribution in [-0.4, -0.2) is 31.6 Å². The Labute approximate surface area is 126 Å². The monoisotopic (exact) mass is 298 g/mol. The normalized spacial score (nSPS) is 15.3. The highest BCUT2D eigenvalue weighted by molar-refractivity contribution is 5.85. The van der Waals surface area contributed by atoms with Crippen LogP contribution in [0.2, 0.25) is 0 Å². The van der Waals surface area contributed by atoms with Crippen LogP contribution >= 0.6 is 12.4 Å². The fraction of sp³-hybridized carbons (Fsp3) is 0.533. The van der Waals surface area contributed by atoms with Crippen LogP contribution in [-0.2, 0) is 4.79 Å². The fourth-order valence-corrected chi connectivity index (χ4v) is 2.19. The van der Waals surface area contributed by atoms with E-state index in [-0.39, 0.29) is 31.0 Å². The molecule has 0 aliphatic carbocycles. The first-order chi connectivity index (χ1) is 9.15. The van der Waals surface area contributed by atoms with Crippen LogP contribution in [0, 0.1) is 13.8 Å². The number of hydrogen-bond acceptors (Lipinski definition) is 3. The zero-order valence-electron chi connectivity index (χ0n) is 12.1. The molecule has 0 radical (unpaired) electrons. The number of rotatable bonds is 4. The molecule has 1 saturated heterocycles. The number of amides is 1. The molecule has 1 aromatic carbocycles. The number of carbonyl (C=O) groups is 1. The number of piperidine rings is 1. The summed E-state index contributed by atoms with van der Waals surface area (Å²) in [6.07, 6.45) is 1.99. The third-order valence-electron chi connectivity index (χ3n) is 3.55. The summed E-state index contributed by atoms with van der Waals surface area (Å²) in [6, 6.07) is 6.17. The lowest BCUT2D eigenvalue weighted by atomic mass is 10.1. The van der Waals surface area contributed by atoms with E-state index in [1.165, 1.54) is 11.1 Å². The van der Waals surface area contributed by atoms with Gasteiger partial charge in [-0.3, -0.25) is 4.79 Å². The average Bonchev–Trinajstić information content (AvgIpc) is 2.41. The van der Waals surface area contributed by atoms with E-state index in [9.17, 15) is 4.79 Å². The summed E-state index contributed by atoms with van der Waals surface area (Å²) >= 11 is 0. The molecule has 0 spiro atoms. The number of benzene rings is 1. The highest BCUT2D eigenvalue weighted by atomic mass is 35.5. The molecule has 2 N–H and O–H groups in total. The molecule has 0 aromatic heterocycles. The summed E-state index contributed by atoms with van der Waals surface area (Å²) in [5.41, 5.74) is 2.41. The van der Waals surface area contributed by atoms with Gasteiger partial charge in [0.1, 0.15) is 5.75 Å². The standard InChI is InChI=1S/C15H22N2O2.ClH/c1-11-3-4-14(9-12(11)2)19-10-15(18)17-13-5-7-16-8-6-13;/h3-4,9,13,16H,5-8,10H2,1-2H3,(H,17,18);1H. The highest BCUT2D eigenvalue weighted by Crippen LogP contribution is 2.16. The summed E-state index contributed by atoms with van der Waals surface area (Å²) in [7, 11) is 0. The Kier molecular flexibility index (Phi) is 6.82. The van der Waals surface area contributed by atoms with Gasteiger partial charge in [0, 0.05) is 6.04 Å². The Morgan fingerprint density at radius 3 is 2.65 bits per heavy atom. The molecule has 2 rings (SSSR count). The van der Waals surface area contributed by atoms with Crippen LogP contribution in [0.3, 0.4) is 0 Å². The van der Waals surface area contributed by atoms with Gasteiger partial charge >= 0.3 is 0 Å². The molecule has 112 valence electrons. The van der Waals surface area contributed by atoms with E-state index in [1.54, 1.807) is 0 Å². The van der Waals surface area contributed by atoms with Gasteiger partial charge in [-0.05, 0) is 63.0 Å². The molecule has 1 aliphatic heterocycles. The molecule has 1 aliphatic rings. The van der Waals surface area contributed by atoms with E-state index in [0.29, 0.717) is 0 Å². The van der Waals surface area contributed by atoms with Crippen LogP contribution in [0.15, 0.2) is 18.2 Å². The van der Waals surface area contributed by atoms with E-state index < -0.39 is 0 Å². The second-order valence-electron chi connectivity index (χ2n) is 5.13. The summed E-state index contributed by atoms with van der Waals surface area (Å²) in [5.74, 6) is 0.716. The molecule has 1 aromatic rings. The molecular weight excluding hydrogens is 276 g/mol. The molecule has 5 heteroatoms. The third kappa shape index (κ3) is 5.02. The minimum Gasteiger partial charge on any atom is -0.484 e. The van der Waals surface area contributed by atoms with Crippen molar-refractivity contribution < 1.29 is 9.53 Å². The maximum atomic E-state index is 11.8. The molecule has 0 atom stereocenters. The Hall–Kier alpha value is -1.26. The predicted molar refractivity (Wildman–Crippen MR) is 82.7 cm³/mol. The molecule has 0 unspecified atom stereocenters. The van der Waals surface area contributed by atoms with Crippen molar-refractivity contribution in [3.63, 3.8) is 0 Å². The van der Waals surface area contributed by atoms with Gasteiger partial charge in [0.25, 0.3) is 5.91 Å². The lowest BCUT2D eigenvalue weighted by Crippen LogP contribution is -2.44. The Morgan fingerprint density at radius 2 is 2.00 bits per heavy atom. The van der Waals surface area contributed by atoms with E-state index >= 15 is 0 Å². The molecule has 0 saturated carbocycles. The molecule has 1 heterocycles. The second kappa shape index (κ2) is 8.12. The second-order valence-corrected chi connectivity index (χ2v) is 5.13. The van der Waals surface area contributed by atoms with Gasteiger partial charge in [0.2, 0.25) is 0 Å². The first-order valence-corrected chi connectivity index (χ1v) is 6.85. The maximum absolute atomic E-state index is 11.8. The van der Waals surface area contributed by atoms with E-state index in [4.69, 9.17) is 4.74 Å². The topological polar surface area (TPSA) is 50.4 Å². The van der Waals surface area contributed by atoms with Crippen LogP contribution in [0.5, 0.6) is 5.75 Å². The summed E-state index contributed by atoms with van der Waals surface area (Å²) in [4.78, 5) is 11.8. The largest absolute Gasteiger partial charge is 0.484 e. The number of nitrogens with one attached hydrogen (secondary N) is 2. The Balaban J connectivity index is 0.00000200. The smallest absolute Gasteiger partial charge is 0.258 e. The molecule has 1 fully saturated rings. The summed E-state index contributed by atoms with van der Waals surface area (Å²) < 4.78 is 5.52. The highest BCUT2D eigenvalue weighted by Gasteiger charge is 2.15. The molecule has 4 nitrogen and oxygen atoms in total. The van der Waals surface area contributed by atoms with Crippen LogP contribution < -0.4 is 15.4 Å². The third-order valence-corrected chi connectivity index (χ3v) is 3.55. The number of ether oxygens (including phenoxy) is 1. The van der Waals surface area contributed by atoms with Crippen LogP contribution in [0.25, 0.3) is 0 Å². The minimum absolute atomic E-state index is 0. The fourth-order valence-electron chi connectivity index (χ4n) is 2.19. The Morgan fingerprint density at radius 1 is 1.30 bits per heavy atom. The van der Waals surface area contributed by atoms with Crippen molar-refractivity contribution in [3.05, 3.63) is 29.3 Å². The van der Waals surface area contributed by atoms with Crippen LogP contribution in [0.4, 0.5) is 0 Å². The van der Waals surface area contributed by atoms with Crippen LogP contribution in [0.1, 0.15) is 24.0 Å². The summed E-state index contributed by atoms with van der Waals surface area (Å²) in [6.45, 7) is 6.14. The van der Waals surface area contributed by atoms with Crippen molar-refractivity contribution in [2.45, 2.75) is 32.7 Å².